The van der Waals surface area contributed by atoms with Gasteiger partial charge in [-0.3, -0.25) is 4.79 Å². The molecule has 0 atom stereocenters. The summed E-state index contributed by atoms with van der Waals surface area (Å²) in [5.41, 5.74) is 4.01. The van der Waals surface area contributed by atoms with Crippen molar-refractivity contribution in [2.45, 2.75) is 6.42 Å². The predicted octanol–water partition coefficient (Wildman–Crippen LogP) is 4.33. The molecule has 0 aromatic heterocycles. The average Bonchev–Trinajstić information content (AvgIpc) is 2.76. The molecule has 1 aliphatic heterocycles. The Labute approximate surface area is 170 Å². The number of amides is 1. The highest BCUT2D eigenvalue weighted by Gasteiger charge is 2.17. The van der Waals surface area contributed by atoms with E-state index < -0.39 is 0 Å². The third kappa shape index (κ3) is 4.93. The Balaban J connectivity index is 1.30. The number of halogens is 1. The Hall–Kier alpha value is -3.34. The normalized spacial score (nSPS) is 14.0. The highest BCUT2D eigenvalue weighted by atomic mass is 19.1. The summed E-state index contributed by atoms with van der Waals surface area (Å²) < 4.78 is 13.1. The molecule has 0 radical (unpaired) electrons. The lowest BCUT2D eigenvalue weighted by Crippen LogP contribution is -2.46. The minimum atomic E-state index is -0.205. The van der Waals surface area contributed by atoms with Crippen molar-refractivity contribution < 1.29 is 9.18 Å². The van der Waals surface area contributed by atoms with Crippen LogP contribution in [0.3, 0.4) is 0 Å². The molecule has 1 N–H and O–H groups in total. The smallest absolute Gasteiger partial charge is 0.228 e. The Morgan fingerprint density at radius 2 is 1.28 bits per heavy atom. The maximum absolute atomic E-state index is 13.1. The Bertz CT molecular complexity index is 934. The fraction of sp³-hybridized carbons (Fsp3) is 0.208. The molecule has 0 spiro atoms. The number of piperazine rings is 1. The summed E-state index contributed by atoms with van der Waals surface area (Å²) in [4.78, 5) is 16.8. The molecular formula is C24H24FN3O. The second-order valence-corrected chi connectivity index (χ2v) is 7.21. The van der Waals surface area contributed by atoms with Crippen molar-refractivity contribution in [3.63, 3.8) is 0 Å². The number of nitrogens with zero attached hydrogens (tertiary/aromatic N) is 2. The van der Waals surface area contributed by atoms with Crippen molar-refractivity contribution in [3.8, 4) is 0 Å². The quantitative estimate of drug-likeness (QED) is 0.705. The van der Waals surface area contributed by atoms with Crippen LogP contribution in [0.25, 0.3) is 0 Å². The first-order valence-electron chi connectivity index (χ1n) is 9.87. The van der Waals surface area contributed by atoms with Crippen molar-refractivity contribution in [2.24, 2.45) is 0 Å². The summed E-state index contributed by atoms with van der Waals surface area (Å²) in [5, 5.41) is 2.96. The van der Waals surface area contributed by atoms with Crippen LogP contribution in [0, 0.1) is 5.82 Å². The molecule has 0 bridgehead atoms. The van der Waals surface area contributed by atoms with Gasteiger partial charge < -0.3 is 15.1 Å². The zero-order valence-electron chi connectivity index (χ0n) is 16.2. The van der Waals surface area contributed by atoms with E-state index in [0.29, 0.717) is 6.42 Å². The van der Waals surface area contributed by atoms with E-state index in [1.807, 2.05) is 66.7 Å². The van der Waals surface area contributed by atoms with Crippen LogP contribution in [0.15, 0.2) is 78.9 Å². The van der Waals surface area contributed by atoms with Gasteiger partial charge in [0.15, 0.2) is 0 Å². The lowest BCUT2D eigenvalue weighted by Gasteiger charge is -2.37. The molecule has 0 unspecified atom stereocenters. The number of carbonyl (C=O) groups excluding carboxylic acids is 1. The molecule has 0 aliphatic carbocycles. The van der Waals surface area contributed by atoms with Crippen molar-refractivity contribution in [1.29, 1.82) is 0 Å². The van der Waals surface area contributed by atoms with E-state index in [1.54, 1.807) is 0 Å². The van der Waals surface area contributed by atoms with Gasteiger partial charge in [0.2, 0.25) is 5.91 Å². The van der Waals surface area contributed by atoms with Gasteiger partial charge in [0.05, 0.1) is 6.42 Å². The molecule has 0 saturated carbocycles. The summed E-state index contributed by atoms with van der Waals surface area (Å²) in [6, 6.07) is 24.4. The van der Waals surface area contributed by atoms with Gasteiger partial charge in [0.1, 0.15) is 5.82 Å². The van der Waals surface area contributed by atoms with Crippen molar-refractivity contribution in [1.82, 2.24) is 0 Å². The molecule has 4 nitrogen and oxygen atoms in total. The zero-order chi connectivity index (χ0) is 20.1. The summed E-state index contributed by atoms with van der Waals surface area (Å²) >= 11 is 0. The van der Waals surface area contributed by atoms with Gasteiger partial charge in [0, 0.05) is 43.2 Å². The summed E-state index contributed by atoms with van der Waals surface area (Å²) in [7, 11) is 0. The zero-order valence-corrected chi connectivity index (χ0v) is 16.2. The van der Waals surface area contributed by atoms with E-state index in [2.05, 4.69) is 15.1 Å². The molecule has 1 heterocycles. The SMILES string of the molecule is O=C(Cc1ccccc1)Nc1ccc(N2CCN(c3ccc(F)cc3)CC2)cc1. The van der Waals surface area contributed by atoms with Gasteiger partial charge >= 0.3 is 0 Å². The standard InChI is InChI=1S/C24H24FN3O/c25-20-6-10-22(11-7-20)27-14-16-28(17-15-27)23-12-8-21(9-13-23)26-24(29)18-19-4-2-1-3-5-19/h1-13H,14-18H2,(H,26,29). The lowest BCUT2D eigenvalue weighted by atomic mass is 10.1. The van der Waals surface area contributed by atoms with Crippen LogP contribution in [-0.4, -0.2) is 32.1 Å². The first-order valence-corrected chi connectivity index (χ1v) is 9.87. The van der Waals surface area contributed by atoms with E-state index in [4.69, 9.17) is 0 Å². The molecule has 3 aromatic carbocycles. The molecule has 3 aromatic rings. The van der Waals surface area contributed by atoms with Crippen molar-refractivity contribution in [3.05, 3.63) is 90.2 Å². The van der Waals surface area contributed by atoms with Gasteiger partial charge in [-0.1, -0.05) is 30.3 Å². The topological polar surface area (TPSA) is 35.6 Å². The van der Waals surface area contributed by atoms with Crippen molar-refractivity contribution >= 4 is 23.0 Å². The van der Waals surface area contributed by atoms with Gasteiger partial charge in [-0.2, -0.15) is 0 Å². The van der Waals surface area contributed by atoms with Crippen LogP contribution in [-0.2, 0) is 11.2 Å². The molecule has 1 fully saturated rings. The number of rotatable bonds is 5. The number of carbonyl (C=O) groups is 1. The van der Waals surface area contributed by atoms with Crippen LogP contribution < -0.4 is 15.1 Å². The summed E-state index contributed by atoms with van der Waals surface area (Å²) in [6.45, 7) is 3.58. The largest absolute Gasteiger partial charge is 0.368 e. The molecule has 4 rings (SSSR count). The van der Waals surface area contributed by atoms with E-state index in [1.165, 1.54) is 12.1 Å². The third-order valence-corrected chi connectivity index (χ3v) is 5.20. The molecule has 1 saturated heterocycles. The average molecular weight is 389 g/mol. The fourth-order valence-electron chi connectivity index (χ4n) is 3.62. The molecular weight excluding hydrogens is 365 g/mol. The van der Waals surface area contributed by atoms with Crippen LogP contribution >= 0.6 is 0 Å². The number of hydrogen-bond donors (Lipinski definition) is 1. The molecule has 148 valence electrons. The molecule has 29 heavy (non-hydrogen) atoms. The second kappa shape index (κ2) is 8.78. The number of nitrogens with one attached hydrogen (secondary N) is 1. The molecule has 1 amide bonds. The maximum Gasteiger partial charge on any atom is 0.228 e. The number of anilines is 3. The fourth-order valence-corrected chi connectivity index (χ4v) is 3.62. The Morgan fingerprint density at radius 3 is 1.83 bits per heavy atom. The highest BCUT2D eigenvalue weighted by molar-refractivity contribution is 5.92. The van der Waals surface area contributed by atoms with E-state index in [9.17, 15) is 9.18 Å². The van der Waals surface area contributed by atoms with Gasteiger partial charge in [-0.15, -0.1) is 0 Å². The predicted molar refractivity (Wildman–Crippen MR) is 116 cm³/mol. The maximum atomic E-state index is 13.1. The minimum absolute atomic E-state index is 0.0168. The number of hydrogen-bond acceptors (Lipinski definition) is 3. The van der Waals surface area contributed by atoms with Crippen LogP contribution in [0.5, 0.6) is 0 Å². The third-order valence-electron chi connectivity index (χ3n) is 5.20. The van der Waals surface area contributed by atoms with E-state index >= 15 is 0 Å². The Kier molecular flexibility index (Phi) is 5.75. The van der Waals surface area contributed by atoms with Crippen LogP contribution in [0.4, 0.5) is 21.5 Å². The highest BCUT2D eigenvalue weighted by Crippen LogP contribution is 2.22. The molecule has 5 heteroatoms. The van der Waals surface area contributed by atoms with E-state index in [0.717, 1.165) is 48.8 Å². The van der Waals surface area contributed by atoms with E-state index in [-0.39, 0.29) is 11.7 Å². The first kappa shape index (κ1) is 19.0. The monoisotopic (exact) mass is 389 g/mol. The number of benzene rings is 3. The Morgan fingerprint density at radius 1 is 0.759 bits per heavy atom. The first-order chi connectivity index (χ1) is 14.2. The lowest BCUT2D eigenvalue weighted by molar-refractivity contribution is -0.115. The minimum Gasteiger partial charge on any atom is -0.368 e. The second-order valence-electron chi connectivity index (χ2n) is 7.21. The molecule has 1 aliphatic rings. The van der Waals surface area contributed by atoms with Crippen LogP contribution in [0.1, 0.15) is 5.56 Å². The van der Waals surface area contributed by atoms with Crippen LogP contribution in [0.2, 0.25) is 0 Å². The van der Waals surface area contributed by atoms with Gasteiger partial charge in [-0.25, -0.2) is 4.39 Å². The summed E-state index contributed by atoms with van der Waals surface area (Å²) in [5.74, 6) is -0.222. The van der Waals surface area contributed by atoms with Crippen molar-refractivity contribution in [2.75, 3.05) is 41.3 Å². The summed E-state index contributed by atoms with van der Waals surface area (Å²) in [6.07, 6.45) is 0.369. The van der Waals surface area contributed by atoms with Gasteiger partial charge in [-0.05, 0) is 54.1 Å². The van der Waals surface area contributed by atoms with Gasteiger partial charge in [0.25, 0.3) is 0 Å².